The maximum Gasteiger partial charge on any atom is 0.251 e. The van der Waals surface area contributed by atoms with Gasteiger partial charge in [0.1, 0.15) is 5.58 Å². The molecule has 4 nitrogen and oxygen atoms in total. The average Bonchev–Trinajstić information content (AvgIpc) is 2.90. The van der Waals surface area contributed by atoms with Gasteiger partial charge in [-0.25, -0.2) is 0 Å². The van der Waals surface area contributed by atoms with Crippen LogP contribution >= 0.6 is 11.6 Å². The van der Waals surface area contributed by atoms with Gasteiger partial charge in [0, 0.05) is 28.6 Å². The van der Waals surface area contributed by atoms with Crippen molar-refractivity contribution in [1.82, 2.24) is 10.2 Å². The lowest BCUT2D eigenvalue weighted by molar-refractivity contribution is -0.0378. The Morgan fingerprint density at radius 3 is 2.74 bits per heavy atom. The molecule has 1 amide bonds. The van der Waals surface area contributed by atoms with Crippen LogP contribution < -0.4 is 5.32 Å². The maximum atomic E-state index is 12.7. The zero-order chi connectivity index (χ0) is 16.2. The fourth-order valence-electron chi connectivity index (χ4n) is 4.25. The van der Waals surface area contributed by atoms with E-state index >= 15 is 0 Å². The average molecular weight is 333 g/mol. The minimum Gasteiger partial charge on any atom is -0.445 e. The molecule has 0 aliphatic carbocycles. The molecule has 0 radical (unpaired) electrons. The number of nitrogens with one attached hydrogen (secondary N) is 1. The van der Waals surface area contributed by atoms with E-state index in [-0.39, 0.29) is 17.5 Å². The van der Waals surface area contributed by atoms with Crippen LogP contribution in [0.1, 0.15) is 37.0 Å². The summed E-state index contributed by atoms with van der Waals surface area (Å²) in [6, 6.07) is 7.38. The number of hydrogen-bond acceptors (Lipinski definition) is 3. The summed E-state index contributed by atoms with van der Waals surface area (Å²) in [5.74, 6) is 0.557. The molecule has 122 valence electrons. The molecule has 1 unspecified atom stereocenters. The summed E-state index contributed by atoms with van der Waals surface area (Å²) in [5.41, 5.74) is 1.37. The summed E-state index contributed by atoms with van der Waals surface area (Å²) in [5, 5.41) is 4.48. The van der Waals surface area contributed by atoms with Gasteiger partial charge in [0.2, 0.25) is 0 Å². The maximum absolute atomic E-state index is 12.7. The SMILES string of the molecule is CC1(C)C(NC(=O)c2ccc3oc(Cl)cc3c2)C2CCN1CC2. The summed E-state index contributed by atoms with van der Waals surface area (Å²) in [7, 11) is 0. The minimum atomic E-state index is -0.0175. The smallest absolute Gasteiger partial charge is 0.251 e. The van der Waals surface area contributed by atoms with Crippen LogP contribution in [0.15, 0.2) is 28.7 Å². The minimum absolute atomic E-state index is 0.0138. The van der Waals surface area contributed by atoms with E-state index in [2.05, 4.69) is 24.1 Å². The van der Waals surface area contributed by atoms with Gasteiger partial charge in [0.25, 0.3) is 5.91 Å². The Morgan fingerprint density at radius 2 is 2.04 bits per heavy atom. The van der Waals surface area contributed by atoms with Crippen molar-refractivity contribution in [3.63, 3.8) is 0 Å². The molecule has 1 aromatic heterocycles. The number of fused-ring (bicyclic) bond motifs is 4. The zero-order valence-electron chi connectivity index (χ0n) is 13.4. The molecule has 3 aliphatic rings. The van der Waals surface area contributed by atoms with E-state index in [1.54, 1.807) is 18.2 Å². The summed E-state index contributed by atoms with van der Waals surface area (Å²) < 4.78 is 5.35. The molecule has 1 atom stereocenters. The van der Waals surface area contributed by atoms with Crippen molar-refractivity contribution >= 4 is 28.5 Å². The summed E-state index contributed by atoms with van der Waals surface area (Å²) in [6.45, 7) is 6.76. The van der Waals surface area contributed by atoms with Gasteiger partial charge in [-0.05, 0) is 75.5 Å². The quantitative estimate of drug-likeness (QED) is 0.912. The van der Waals surface area contributed by atoms with E-state index in [0.717, 1.165) is 18.5 Å². The van der Waals surface area contributed by atoms with Crippen LogP contribution in [0.4, 0.5) is 0 Å². The fraction of sp³-hybridized carbons (Fsp3) is 0.500. The first-order chi connectivity index (χ1) is 10.9. The van der Waals surface area contributed by atoms with Crippen LogP contribution in [0.3, 0.4) is 0 Å². The van der Waals surface area contributed by atoms with Gasteiger partial charge < -0.3 is 9.73 Å². The molecule has 0 spiro atoms. The summed E-state index contributed by atoms with van der Waals surface area (Å²) in [4.78, 5) is 15.2. The Kier molecular flexibility index (Phi) is 3.43. The van der Waals surface area contributed by atoms with Crippen molar-refractivity contribution < 1.29 is 9.21 Å². The van der Waals surface area contributed by atoms with Gasteiger partial charge in [-0.15, -0.1) is 0 Å². The van der Waals surface area contributed by atoms with Crippen LogP contribution in [0, 0.1) is 5.92 Å². The highest BCUT2D eigenvalue weighted by molar-refractivity contribution is 6.29. The highest BCUT2D eigenvalue weighted by atomic mass is 35.5. The van der Waals surface area contributed by atoms with E-state index in [1.807, 2.05) is 6.07 Å². The molecule has 3 saturated heterocycles. The molecule has 5 heteroatoms. The van der Waals surface area contributed by atoms with E-state index in [9.17, 15) is 4.79 Å². The number of hydrogen-bond donors (Lipinski definition) is 1. The third-order valence-electron chi connectivity index (χ3n) is 5.62. The lowest BCUT2D eigenvalue weighted by Gasteiger charge is -2.56. The highest BCUT2D eigenvalue weighted by Gasteiger charge is 2.48. The number of piperidine rings is 3. The number of amides is 1. The topological polar surface area (TPSA) is 45.5 Å². The molecule has 4 heterocycles. The van der Waals surface area contributed by atoms with Crippen molar-refractivity contribution in [3.05, 3.63) is 35.0 Å². The number of nitrogens with zero attached hydrogens (tertiary/aromatic N) is 1. The second kappa shape index (κ2) is 5.25. The second-order valence-corrected chi connectivity index (χ2v) is 7.60. The third kappa shape index (κ3) is 2.45. The van der Waals surface area contributed by atoms with Gasteiger partial charge in [-0.2, -0.15) is 0 Å². The lowest BCUT2D eigenvalue weighted by atomic mass is 9.72. The molecule has 3 fully saturated rings. The molecular formula is C18H21ClN2O2. The van der Waals surface area contributed by atoms with E-state index in [4.69, 9.17) is 16.0 Å². The molecule has 2 bridgehead atoms. The zero-order valence-corrected chi connectivity index (χ0v) is 14.2. The van der Waals surface area contributed by atoms with Crippen LogP contribution in [-0.2, 0) is 0 Å². The van der Waals surface area contributed by atoms with Gasteiger partial charge in [0.15, 0.2) is 5.22 Å². The summed E-state index contributed by atoms with van der Waals surface area (Å²) in [6.07, 6.45) is 2.34. The number of benzene rings is 1. The predicted molar refractivity (Wildman–Crippen MR) is 90.9 cm³/mol. The van der Waals surface area contributed by atoms with Crippen molar-refractivity contribution in [2.24, 2.45) is 5.92 Å². The standard InChI is InChI=1S/C18H21ClN2O2/c1-18(2)16(11-5-7-21(18)8-6-11)20-17(22)12-3-4-14-13(9-12)10-15(19)23-14/h3-4,9-11,16H,5-8H2,1-2H3,(H,20,22). The number of halogens is 1. The van der Waals surface area contributed by atoms with Gasteiger partial charge in [-0.3, -0.25) is 9.69 Å². The van der Waals surface area contributed by atoms with Crippen LogP contribution in [0.25, 0.3) is 11.0 Å². The molecule has 1 aromatic carbocycles. The molecular weight excluding hydrogens is 312 g/mol. The van der Waals surface area contributed by atoms with Crippen molar-refractivity contribution in [2.45, 2.75) is 38.3 Å². The Balaban J connectivity index is 1.58. The van der Waals surface area contributed by atoms with Crippen molar-refractivity contribution in [1.29, 1.82) is 0 Å². The monoisotopic (exact) mass is 332 g/mol. The fourth-order valence-corrected chi connectivity index (χ4v) is 4.45. The number of furan rings is 1. The van der Waals surface area contributed by atoms with Crippen molar-refractivity contribution in [3.8, 4) is 0 Å². The molecule has 5 rings (SSSR count). The highest BCUT2D eigenvalue weighted by Crippen LogP contribution is 2.39. The number of rotatable bonds is 2. The van der Waals surface area contributed by atoms with Crippen LogP contribution in [-0.4, -0.2) is 35.5 Å². The number of carbonyl (C=O) groups excluding carboxylic acids is 1. The Labute approximate surface area is 140 Å². The van der Waals surface area contributed by atoms with Gasteiger partial charge in [-0.1, -0.05) is 0 Å². The van der Waals surface area contributed by atoms with E-state index < -0.39 is 0 Å². The van der Waals surface area contributed by atoms with Gasteiger partial charge >= 0.3 is 0 Å². The van der Waals surface area contributed by atoms with Crippen LogP contribution in [0.5, 0.6) is 0 Å². The first-order valence-electron chi connectivity index (χ1n) is 8.20. The lowest BCUT2D eigenvalue weighted by Crippen LogP contribution is -2.69. The Morgan fingerprint density at radius 1 is 1.30 bits per heavy atom. The largest absolute Gasteiger partial charge is 0.445 e. The summed E-state index contributed by atoms with van der Waals surface area (Å²) >= 11 is 5.88. The van der Waals surface area contributed by atoms with Crippen LogP contribution in [0.2, 0.25) is 5.22 Å². The van der Waals surface area contributed by atoms with E-state index in [1.165, 1.54) is 12.8 Å². The first kappa shape index (κ1) is 15.0. The Bertz CT molecular complexity index is 759. The normalized spacial score (nSPS) is 28.9. The predicted octanol–water partition coefficient (Wildman–Crippen LogP) is 3.69. The molecule has 2 aromatic rings. The van der Waals surface area contributed by atoms with Crippen molar-refractivity contribution in [2.75, 3.05) is 13.1 Å². The van der Waals surface area contributed by atoms with Gasteiger partial charge in [0.05, 0.1) is 0 Å². The van der Waals surface area contributed by atoms with E-state index in [0.29, 0.717) is 22.3 Å². The molecule has 3 aliphatic heterocycles. The first-order valence-corrected chi connectivity index (χ1v) is 8.58. The molecule has 1 N–H and O–H groups in total. The molecule has 0 saturated carbocycles. The third-order valence-corrected chi connectivity index (χ3v) is 5.81. The Hall–Kier alpha value is -1.52. The molecule has 23 heavy (non-hydrogen) atoms. The second-order valence-electron chi connectivity index (χ2n) is 7.23. The number of carbonyl (C=O) groups is 1.